The molecular formula is C11H10F3NO2. The lowest BCUT2D eigenvalue weighted by atomic mass is 10.1. The summed E-state index contributed by atoms with van der Waals surface area (Å²) in [5, 5.41) is 0. The molecule has 0 unspecified atom stereocenters. The maximum atomic E-state index is 12.4. The maximum Gasteiger partial charge on any atom is 0.412 e. The molecule has 3 nitrogen and oxygen atoms in total. The van der Waals surface area contributed by atoms with Crippen molar-refractivity contribution in [3.8, 4) is 0 Å². The van der Waals surface area contributed by atoms with E-state index in [1.165, 1.54) is 6.07 Å². The fraction of sp³-hybridized carbons (Fsp3) is 0.364. The van der Waals surface area contributed by atoms with Gasteiger partial charge >= 0.3 is 6.18 Å². The molecule has 1 aliphatic heterocycles. The van der Waals surface area contributed by atoms with Gasteiger partial charge in [0.05, 0.1) is 0 Å². The molecule has 0 atom stereocenters. The molecule has 92 valence electrons. The van der Waals surface area contributed by atoms with Gasteiger partial charge in [0, 0.05) is 24.7 Å². The summed E-state index contributed by atoms with van der Waals surface area (Å²) in [6.07, 6.45) is -2.61. The first-order valence-corrected chi connectivity index (χ1v) is 5.07. The average molecular weight is 245 g/mol. The van der Waals surface area contributed by atoms with Crippen LogP contribution in [-0.4, -0.2) is 25.6 Å². The fourth-order valence-corrected chi connectivity index (χ4v) is 1.70. The summed E-state index contributed by atoms with van der Waals surface area (Å²) in [6.45, 7) is 0.373. The van der Waals surface area contributed by atoms with E-state index in [4.69, 9.17) is 4.42 Å². The number of halogens is 3. The van der Waals surface area contributed by atoms with Crippen molar-refractivity contribution < 1.29 is 22.4 Å². The molecule has 0 amide bonds. The van der Waals surface area contributed by atoms with E-state index in [0.717, 1.165) is 6.08 Å². The van der Waals surface area contributed by atoms with Crippen LogP contribution in [-0.2, 0) is 0 Å². The maximum absolute atomic E-state index is 12.4. The third kappa shape index (κ3) is 2.51. The van der Waals surface area contributed by atoms with Crippen molar-refractivity contribution in [1.82, 2.24) is 0 Å². The van der Waals surface area contributed by atoms with Gasteiger partial charge in [-0.2, -0.15) is 13.2 Å². The van der Waals surface area contributed by atoms with Crippen molar-refractivity contribution in [2.24, 2.45) is 0 Å². The van der Waals surface area contributed by atoms with Crippen molar-refractivity contribution in [1.29, 1.82) is 0 Å². The molecule has 17 heavy (non-hydrogen) atoms. The van der Waals surface area contributed by atoms with Crippen molar-refractivity contribution >= 4 is 12.2 Å². The Morgan fingerprint density at radius 2 is 2.12 bits per heavy atom. The van der Waals surface area contributed by atoms with Crippen LogP contribution >= 0.6 is 0 Å². The number of hydrogen-bond acceptors (Lipinski definition) is 3. The van der Waals surface area contributed by atoms with E-state index in [1.54, 1.807) is 11.0 Å². The van der Waals surface area contributed by atoms with Crippen LogP contribution in [0.2, 0.25) is 0 Å². The van der Waals surface area contributed by atoms with Gasteiger partial charge in [-0.3, -0.25) is 4.79 Å². The Balaban J connectivity index is 2.08. The molecule has 6 heteroatoms. The van der Waals surface area contributed by atoms with Crippen LogP contribution in [0.1, 0.15) is 17.0 Å². The van der Waals surface area contributed by atoms with Crippen LogP contribution in [0, 0.1) is 0 Å². The Morgan fingerprint density at radius 3 is 2.59 bits per heavy atom. The van der Waals surface area contributed by atoms with Gasteiger partial charge in [0.15, 0.2) is 17.9 Å². The minimum absolute atomic E-state index is 0.0688. The largest absolute Gasteiger partial charge is 0.438 e. The summed E-state index contributed by atoms with van der Waals surface area (Å²) in [5.41, 5.74) is -0.504. The number of furan rings is 1. The van der Waals surface area contributed by atoms with Gasteiger partial charge in [0.2, 0.25) is 0 Å². The second-order valence-corrected chi connectivity index (χ2v) is 3.72. The Morgan fingerprint density at radius 1 is 1.35 bits per heavy atom. The monoisotopic (exact) mass is 245 g/mol. The highest BCUT2D eigenvalue weighted by Gasteiger charge is 2.35. The molecule has 0 fully saturated rings. The predicted molar refractivity (Wildman–Crippen MR) is 55.1 cm³/mol. The molecule has 0 spiro atoms. The second-order valence-electron chi connectivity index (χ2n) is 3.72. The molecule has 1 aliphatic rings. The summed E-state index contributed by atoms with van der Waals surface area (Å²) in [6, 6.07) is 3.07. The summed E-state index contributed by atoms with van der Waals surface area (Å²) in [5.74, 6) is 0.593. The Bertz CT molecular complexity index is 448. The zero-order chi connectivity index (χ0) is 12.5. The van der Waals surface area contributed by atoms with Gasteiger partial charge in [-0.1, -0.05) is 6.08 Å². The summed E-state index contributed by atoms with van der Waals surface area (Å²) < 4.78 is 42.3. The molecule has 2 heterocycles. The van der Waals surface area contributed by atoms with Gasteiger partial charge < -0.3 is 9.32 Å². The first kappa shape index (κ1) is 11.8. The van der Waals surface area contributed by atoms with Gasteiger partial charge in [-0.25, -0.2) is 0 Å². The molecule has 0 radical (unpaired) electrons. The zero-order valence-corrected chi connectivity index (χ0v) is 8.83. The van der Waals surface area contributed by atoms with Crippen LogP contribution in [0.4, 0.5) is 19.1 Å². The molecule has 0 saturated heterocycles. The Labute approximate surface area is 95.5 Å². The molecule has 0 aromatic carbocycles. The molecular weight excluding hydrogens is 235 g/mol. The van der Waals surface area contributed by atoms with Crippen LogP contribution in [0.3, 0.4) is 0 Å². The fourth-order valence-electron chi connectivity index (χ4n) is 1.70. The zero-order valence-electron chi connectivity index (χ0n) is 8.83. The number of rotatable bonds is 2. The lowest BCUT2D eigenvalue weighted by Crippen LogP contribution is -2.31. The number of aldehydes is 1. The molecule has 2 rings (SSSR count). The standard InChI is InChI=1S/C11H10F3NO2/c12-11(13,14)8-3-5-15(6-4-8)10-2-1-9(7-16)17-10/h1-3,7H,4-6H2. The normalized spacial score (nSPS) is 16.9. The lowest BCUT2D eigenvalue weighted by molar-refractivity contribution is -0.0944. The summed E-state index contributed by atoms with van der Waals surface area (Å²) in [7, 11) is 0. The van der Waals surface area contributed by atoms with Crippen LogP contribution in [0.15, 0.2) is 28.2 Å². The first-order chi connectivity index (χ1) is 8.00. The first-order valence-electron chi connectivity index (χ1n) is 5.07. The second kappa shape index (κ2) is 4.27. The van der Waals surface area contributed by atoms with Crippen molar-refractivity contribution in [2.75, 3.05) is 18.0 Å². The Kier molecular flexibility index (Phi) is 2.95. The minimum Gasteiger partial charge on any atom is -0.438 e. The highest BCUT2D eigenvalue weighted by Crippen LogP contribution is 2.31. The van der Waals surface area contributed by atoms with E-state index in [1.807, 2.05) is 0 Å². The summed E-state index contributed by atoms with van der Waals surface area (Å²) >= 11 is 0. The minimum atomic E-state index is -4.25. The van der Waals surface area contributed by atoms with Gasteiger partial charge in [0.1, 0.15) is 0 Å². The van der Waals surface area contributed by atoms with Gasteiger partial charge in [-0.15, -0.1) is 0 Å². The van der Waals surface area contributed by atoms with E-state index in [0.29, 0.717) is 12.2 Å². The van der Waals surface area contributed by atoms with Crippen LogP contribution < -0.4 is 4.90 Å². The lowest BCUT2D eigenvalue weighted by Gasteiger charge is -2.26. The van der Waals surface area contributed by atoms with Gasteiger partial charge in [-0.05, 0) is 12.5 Å². The highest BCUT2D eigenvalue weighted by atomic mass is 19.4. The van der Waals surface area contributed by atoms with Crippen LogP contribution in [0.5, 0.6) is 0 Å². The van der Waals surface area contributed by atoms with E-state index in [9.17, 15) is 18.0 Å². The summed E-state index contributed by atoms with van der Waals surface area (Å²) in [4.78, 5) is 12.1. The molecule has 0 bridgehead atoms. The van der Waals surface area contributed by atoms with Gasteiger partial charge in [0.25, 0.3) is 0 Å². The number of carbonyl (C=O) groups excluding carboxylic acids is 1. The van der Waals surface area contributed by atoms with E-state index in [2.05, 4.69) is 0 Å². The molecule has 1 aromatic heterocycles. The average Bonchev–Trinajstić information content (AvgIpc) is 2.76. The number of alkyl halides is 3. The predicted octanol–water partition coefficient (Wildman–Crippen LogP) is 2.79. The molecule has 0 saturated carbocycles. The molecule has 0 N–H and O–H groups in total. The number of hydrogen-bond donors (Lipinski definition) is 0. The Hall–Kier alpha value is -1.72. The van der Waals surface area contributed by atoms with E-state index >= 15 is 0 Å². The number of anilines is 1. The van der Waals surface area contributed by atoms with E-state index in [-0.39, 0.29) is 25.3 Å². The van der Waals surface area contributed by atoms with Crippen LogP contribution in [0.25, 0.3) is 0 Å². The SMILES string of the molecule is O=Cc1ccc(N2CC=C(C(F)(F)F)CC2)o1. The third-order valence-electron chi connectivity index (χ3n) is 2.61. The van der Waals surface area contributed by atoms with Crippen molar-refractivity contribution in [3.05, 3.63) is 29.5 Å². The third-order valence-corrected chi connectivity index (χ3v) is 2.61. The van der Waals surface area contributed by atoms with Crippen molar-refractivity contribution in [2.45, 2.75) is 12.6 Å². The van der Waals surface area contributed by atoms with E-state index < -0.39 is 11.7 Å². The van der Waals surface area contributed by atoms with Crippen molar-refractivity contribution in [3.63, 3.8) is 0 Å². The quantitative estimate of drug-likeness (QED) is 0.593. The topological polar surface area (TPSA) is 33.5 Å². The number of carbonyl (C=O) groups is 1. The smallest absolute Gasteiger partial charge is 0.412 e. The molecule has 1 aromatic rings. The number of nitrogens with zero attached hydrogens (tertiary/aromatic N) is 1. The highest BCUT2D eigenvalue weighted by molar-refractivity contribution is 5.71. The molecule has 0 aliphatic carbocycles.